The summed E-state index contributed by atoms with van der Waals surface area (Å²) in [7, 11) is 0. The molecular formula is C21H19N3O3. The fraction of sp³-hybridized carbons (Fsp3) is 0.0952. The van der Waals surface area contributed by atoms with Gasteiger partial charge < -0.3 is 14.2 Å². The molecule has 0 saturated heterocycles. The minimum atomic E-state index is 0.470. The third kappa shape index (κ3) is 5.67. The lowest BCUT2D eigenvalue weighted by Crippen LogP contribution is -2.02. The van der Waals surface area contributed by atoms with Gasteiger partial charge in [-0.05, 0) is 19.1 Å². The molecule has 1 aromatic carbocycles. The first-order valence-corrected chi connectivity index (χ1v) is 8.39. The van der Waals surface area contributed by atoms with Crippen LogP contribution in [0.3, 0.4) is 0 Å². The summed E-state index contributed by atoms with van der Waals surface area (Å²) < 4.78 is 17.4. The Balaban J connectivity index is 1.89. The normalized spacial score (nSPS) is 11.4. The average molecular weight is 361 g/mol. The number of pyridine rings is 2. The third-order valence-electron chi connectivity index (χ3n) is 3.24. The number of hydrogen-bond donors (Lipinski definition) is 0. The number of rotatable bonds is 6. The molecule has 3 rings (SSSR count). The summed E-state index contributed by atoms with van der Waals surface area (Å²) in [5, 5.41) is 0. The second-order valence-electron chi connectivity index (χ2n) is 5.41. The molecule has 0 bridgehead atoms. The Morgan fingerprint density at radius 3 is 1.89 bits per heavy atom. The highest BCUT2D eigenvalue weighted by Gasteiger charge is 2.08. The van der Waals surface area contributed by atoms with Crippen LogP contribution in [0.15, 0.2) is 84.3 Å². The Kier molecular flexibility index (Phi) is 6.14. The third-order valence-corrected chi connectivity index (χ3v) is 3.24. The average Bonchev–Trinajstić information content (AvgIpc) is 2.68. The molecule has 0 amide bonds. The van der Waals surface area contributed by atoms with Gasteiger partial charge >= 0.3 is 0 Å². The van der Waals surface area contributed by atoms with Gasteiger partial charge in [0, 0.05) is 55.8 Å². The molecular weight excluding hydrogens is 342 g/mol. The van der Waals surface area contributed by atoms with Crippen molar-refractivity contribution in [1.29, 1.82) is 0 Å². The Morgan fingerprint density at radius 1 is 0.852 bits per heavy atom. The molecule has 0 aliphatic heterocycles. The Hall–Kier alpha value is -3.67. The van der Waals surface area contributed by atoms with E-state index in [1.54, 1.807) is 55.8 Å². The highest BCUT2D eigenvalue weighted by atomic mass is 16.5. The van der Waals surface area contributed by atoms with Crippen molar-refractivity contribution in [2.24, 2.45) is 4.99 Å². The van der Waals surface area contributed by atoms with Crippen LogP contribution in [-0.2, 0) is 0 Å². The SMILES string of the molecule is C/C=C\N=C(C)Oc1cc(Oc2ccccn2)cc(Oc2ccccn2)c1. The fourth-order valence-electron chi connectivity index (χ4n) is 2.16. The first kappa shape index (κ1) is 18.1. The monoisotopic (exact) mass is 361 g/mol. The van der Waals surface area contributed by atoms with Crippen molar-refractivity contribution < 1.29 is 14.2 Å². The Bertz CT molecular complexity index is 866. The number of allylic oxidation sites excluding steroid dienone is 1. The molecule has 0 N–H and O–H groups in total. The molecule has 0 radical (unpaired) electrons. The van der Waals surface area contributed by atoms with Gasteiger partial charge in [0.05, 0.1) is 0 Å². The van der Waals surface area contributed by atoms with Crippen molar-refractivity contribution in [2.75, 3.05) is 0 Å². The summed E-state index contributed by atoms with van der Waals surface area (Å²) in [5.74, 6) is 3.01. The standard InChI is InChI=1S/C21H19N3O3/c1-3-10-22-16(2)25-17-13-18(26-20-8-4-6-11-23-20)15-19(14-17)27-21-9-5-7-12-24-21/h3-15H,1-2H3/b10-3-,22-16?. The molecule has 6 nitrogen and oxygen atoms in total. The number of benzene rings is 1. The van der Waals surface area contributed by atoms with E-state index in [-0.39, 0.29) is 0 Å². The zero-order valence-electron chi connectivity index (χ0n) is 15.1. The Morgan fingerprint density at radius 2 is 1.41 bits per heavy atom. The molecule has 3 aromatic rings. The van der Waals surface area contributed by atoms with Crippen molar-refractivity contribution in [3.05, 3.63) is 79.3 Å². The van der Waals surface area contributed by atoms with Crippen LogP contribution in [-0.4, -0.2) is 15.9 Å². The maximum Gasteiger partial charge on any atom is 0.219 e. The van der Waals surface area contributed by atoms with Crippen molar-refractivity contribution in [3.63, 3.8) is 0 Å². The second-order valence-corrected chi connectivity index (χ2v) is 5.41. The van der Waals surface area contributed by atoms with E-state index in [0.29, 0.717) is 34.9 Å². The van der Waals surface area contributed by atoms with E-state index in [1.807, 2.05) is 37.3 Å². The molecule has 0 unspecified atom stereocenters. The number of nitrogens with zero attached hydrogens (tertiary/aromatic N) is 3. The van der Waals surface area contributed by atoms with Gasteiger partial charge in [-0.1, -0.05) is 18.2 Å². The lowest BCUT2D eigenvalue weighted by molar-refractivity contribution is 0.434. The van der Waals surface area contributed by atoms with E-state index in [9.17, 15) is 0 Å². The topological polar surface area (TPSA) is 65.8 Å². The predicted molar refractivity (Wildman–Crippen MR) is 104 cm³/mol. The molecule has 0 aliphatic carbocycles. The van der Waals surface area contributed by atoms with E-state index in [2.05, 4.69) is 15.0 Å². The Labute approximate surface area is 157 Å². The maximum absolute atomic E-state index is 5.81. The van der Waals surface area contributed by atoms with Crippen LogP contribution >= 0.6 is 0 Å². The first-order chi connectivity index (χ1) is 13.2. The van der Waals surface area contributed by atoms with Crippen molar-refractivity contribution in [1.82, 2.24) is 9.97 Å². The summed E-state index contributed by atoms with van der Waals surface area (Å²) in [4.78, 5) is 12.5. The molecule has 0 aliphatic rings. The molecule has 27 heavy (non-hydrogen) atoms. The van der Waals surface area contributed by atoms with Crippen LogP contribution in [0, 0.1) is 0 Å². The van der Waals surface area contributed by atoms with Crippen LogP contribution in [0.2, 0.25) is 0 Å². The number of aliphatic imine (C=N–C) groups is 1. The quantitative estimate of drug-likeness (QED) is 0.435. The van der Waals surface area contributed by atoms with E-state index in [4.69, 9.17) is 14.2 Å². The lowest BCUT2D eigenvalue weighted by Gasteiger charge is -2.11. The van der Waals surface area contributed by atoms with Crippen molar-refractivity contribution in [3.8, 4) is 29.0 Å². The van der Waals surface area contributed by atoms with Crippen LogP contribution in [0.25, 0.3) is 0 Å². The number of hydrogen-bond acceptors (Lipinski definition) is 6. The molecule has 0 atom stereocenters. The van der Waals surface area contributed by atoms with Gasteiger partial charge in [0.2, 0.25) is 11.8 Å². The molecule has 2 aromatic heterocycles. The largest absolute Gasteiger partial charge is 0.443 e. The summed E-state index contributed by atoms with van der Waals surface area (Å²) in [6, 6.07) is 16.1. The lowest BCUT2D eigenvalue weighted by atomic mass is 10.3. The van der Waals surface area contributed by atoms with E-state index in [0.717, 1.165) is 0 Å². The fourth-order valence-corrected chi connectivity index (χ4v) is 2.16. The first-order valence-electron chi connectivity index (χ1n) is 8.39. The summed E-state index contributed by atoms with van der Waals surface area (Å²) in [6.07, 6.45) is 6.81. The predicted octanol–water partition coefficient (Wildman–Crippen LogP) is 5.39. The number of aromatic nitrogens is 2. The maximum atomic E-state index is 5.81. The van der Waals surface area contributed by atoms with Gasteiger partial charge in [0.25, 0.3) is 0 Å². The highest BCUT2D eigenvalue weighted by Crippen LogP contribution is 2.32. The van der Waals surface area contributed by atoms with Gasteiger partial charge in [0.1, 0.15) is 17.2 Å². The van der Waals surface area contributed by atoms with E-state index in [1.165, 1.54) is 0 Å². The zero-order valence-corrected chi connectivity index (χ0v) is 15.1. The molecule has 6 heteroatoms. The molecule has 0 spiro atoms. The van der Waals surface area contributed by atoms with Crippen LogP contribution < -0.4 is 14.2 Å². The van der Waals surface area contributed by atoms with E-state index >= 15 is 0 Å². The summed E-state index contributed by atoms with van der Waals surface area (Å²) in [5.41, 5.74) is 0. The molecule has 136 valence electrons. The smallest absolute Gasteiger partial charge is 0.219 e. The molecule has 0 saturated carbocycles. The number of ether oxygens (including phenoxy) is 3. The van der Waals surface area contributed by atoms with Gasteiger partial charge in [-0.15, -0.1) is 0 Å². The van der Waals surface area contributed by atoms with Crippen LogP contribution in [0.5, 0.6) is 29.0 Å². The molecule has 2 heterocycles. The van der Waals surface area contributed by atoms with Gasteiger partial charge in [-0.3, -0.25) is 0 Å². The summed E-state index contributed by atoms with van der Waals surface area (Å²) >= 11 is 0. The van der Waals surface area contributed by atoms with Crippen molar-refractivity contribution >= 4 is 5.90 Å². The van der Waals surface area contributed by atoms with E-state index < -0.39 is 0 Å². The van der Waals surface area contributed by atoms with Crippen LogP contribution in [0.4, 0.5) is 0 Å². The van der Waals surface area contributed by atoms with Gasteiger partial charge in [-0.25, -0.2) is 15.0 Å². The molecule has 0 fully saturated rings. The minimum absolute atomic E-state index is 0.470. The van der Waals surface area contributed by atoms with Crippen molar-refractivity contribution in [2.45, 2.75) is 13.8 Å². The van der Waals surface area contributed by atoms with Gasteiger partial charge in [0.15, 0.2) is 5.90 Å². The highest BCUT2D eigenvalue weighted by molar-refractivity contribution is 5.76. The van der Waals surface area contributed by atoms with Crippen LogP contribution in [0.1, 0.15) is 13.8 Å². The second kappa shape index (κ2) is 9.15. The summed E-state index contributed by atoms with van der Waals surface area (Å²) in [6.45, 7) is 3.66. The zero-order chi connectivity index (χ0) is 18.9. The van der Waals surface area contributed by atoms with Gasteiger partial charge in [-0.2, -0.15) is 0 Å². The minimum Gasteiger partial charge on any atom is -0.443 e.